The van der Waals surface area contributed by atoms with E-state index in [4.69, 9.17) is 5.73 Å². The van der Waals surface area contributed by atoms with E-state index in [0.717, 1.165) is 33.1 Å². The number of anilines is 1. The molecule has 1 heterocycles. The van der Waals surface area contributed by atoms with Gasteiger partial charge in [0.2, 0.25) is 15.9 Å². The van der Waals surface area contributed by atoms with Gasteiger partial charge in [0.15, 0.2) is 17.2 Å². The lowest BCUT2D eigenvalue weighted by molar-refractivity contribution is -0.127. The number of nitrogens with two attached hydrogens (primary N) is 1. The Bertz CT molecular complexity index is 1720. The lowest BCUT2D eigenvalue weighted by Crippen LogP contribution is -2.61. The maximum atomic E-state index is 13.6. The molecule has 222 valence electrons. The summed E-state index contributed by atoms with van der Waals surface area (Å²) in [5.74, 6) is -3.54. The van der Waals surface area contributed by atoms with Crippen molar-refractivity contribution < 1.29 is 33.3 Å². The van der Waals surface area contributed by atoms with Gasteiger partial charge in [-0.2, -0.15) is 4.31 Å². The smallest absolute Gasteiger partial charge is 0.254 e. The highest BCUT2D eigenvalue weighted by Crippen LogP contribution is 2.36. The van der Waals surface area contributed by atoms with Gasteiger partial charge in [-0.3, -0.25) is 9.59 Å². The number of phenolic OH excluding ortho intramolecular Hbond substituents is 3. The zero-order chi connectivity index (χ0) is 30.7. The van der Waals surface area contributed by atoms with Crippen molar-refractivity contribution in [2.75, 3.05) is 25.4 Å². The molecule has 1 fully saturated rings. The molecular formula is C31H30N4O7S. The van der Waals surface area contributed by atoms with Crippen LogP contribution < -0.4 is 11.1 Å². The minimum absolute atomic E-state index is 0.00693. The van der Waals surface area contributed by atoms with Crippen molar-refractivity contribution in [1.82, 2.24) is 14.5 Å². The molecule has 0 spiro atoms. The van der Waals surface area contributed by atoms with Crippen LogP contribution in [0.5, 0.6) is 17.2 Å². The number of amides is 2. The lowest BCUT2D eigenvalue weighted by atomic mass is 10.0. The van der Waals surface area contributed by atoms with E-state index in [0.29, 0.717) is 5.69 Å². The quantitative estimate of drug-likeness (QED) is 0.159. The van der Waals surface area contributed by atoms with Gasteiger partial charge in [0.25, 0.3) is 5.91 Å². The van der Waals surface area contributed by atoms with Gasteiger partial charge in [0, 0.05) is 37.4 Å². The van der Waals surface area contributed by atoms with Crippen LogP contribution in [0, 0.1) is 0 Å². The summed E-state index contributed by atoms with van der Waals surface area (Å²) < 4.78 is 28.0. The lowest BCUT2D eigenvalue weighted by Gasteiger charge is -2.40. The molecule has 0 aliphatic carbocycles. The fraction of sp³-hybridized carbons (Fsp3) is 0.161. The number of phenols is 3. The Hall–Kier alpha value is -5.07. The van der Waals surface area contributed by atoms with E-state index < -0.39 is 45.1 Å². The van der Waals surface area contributed by atoms with E-state index in [1.165, 1.54) is 29.2 Å². The van der Waals surface area contributed by atoms with E-state index in [2.05, 4.69) is 5.32 Å². The molecule has 1 aliphatic heterocycles. The summed E-state index contributed by atoms with van der Waals surface area (Å²) in [6, 6.07) is 23.8. The van der Waals surface area contributed by atoms with Crippen molar-refractivity contribution in [2.24, 2.45) is 0 Å². The second kappa shape index (κ2) is 12.0. The summed E-state index contributed by atoms with van der Waals surface area (Å²) >= 11 is 0. The molecule has 0 bridgehead atoms. The normalized spacial score (nSPS) is 15.6. The van der Waals surface area contributed by atoms with Crippen LogP contribution in [0.2, 0.25) is 0 Å². The predicted octanol–water partition coefficient (Wildman–Crippen LogP) is 2.88. The Morgan fingerprint density at radius 2 is 1.44 bits per heavy atom. The van der Waals surface area contributed by atoms with Crippen molar-refractivity contribution >= 4 is 27.5 Å². The summed E-state index contributed by atoms with van der Waals surface area (Å²) in [6.07, 6.45) is 0. The van der Waals surface area contributed by atoms with Crippen molar-refractivity contribution in [1.29, 1.82) is 0 Å². The van der Waals surface area contributed by atoms with Crippen molar-refractivity contribution in [3.05, 3.63) is 102 Å². The van der Waals surface area contributed by atoms with E-state index in [9.17, 15) is 33.3 Å². The first-order chi connectivity index (χ1) is 20.5. The topological polar surface area (TPSA) is 174 Å². The fourth-order valence-electron chi connectivity index (χ4n) is 4.88. The molecule has 0 radical (unpaired) electrons. The van der Waals surface area contributed by atoms with Crippen LogP contribution in [-0.2, 0) is 21.4 Å². The van der Waals surface area contributed by atoms with E-state index in [1.54, 1.807) is 0 Å². The Morgan fingerprint density at radius 1 is 0.837 bits per heavy atom. The van der Waals surface area contributed by atoms with Gasteiger partial charge in [0.1, 0.15) is 6.04 Å². The Kier molecular flexibility index (Phi) is 8.24. The molecule has 1 unspecified atom stereocenters. The number of nitrogens with zero attached hydrogens (tertiary/aromatic N) is 2. The third-order valence-electron chi connectivity index (χ3n) is 7.27. The van der Waals surface area contributed by atoms with Crippen LogP contribution in [0.3, 0.4) is 0 Å². The molecule has 0 saturated carbocycles. The molecule has 2 amide bonds. The summed E-state index contributed by atoms with van der Waals surface area (Å²) in [4.78, 5) is 28.2. The first-order valence-electron chi connectivity index (χ1n) is 13.4. The first-order valence-corrected chi connectivity index (χ1v) is 14.8. The third-order valence-corrected chi connectivity index (χ3v) is 9.15. The van der Waals surface area contributed by atoms with Crippen LogP contribution in [-0.4, -0.2) is 70.4 Å². The first kappa shape index (κ1) is 29.4. The Balaban J connectivity index is 1.38. The molecule has 4 aromatic rings. The van der Waals surface area contributed by atoms with E-state index in [-0.39, 0.29) is 36.6 Å². The second-order valence-electron chi connectivity index (χ2n) is 10.1. The van der Waals surface area contributed by atoms with Gasteiger partial charge in [0.05, 0.1) is 4.90 Å². The number of nitrogens with one attached hydrogen (secondary N) is 1. The van der Waals surface area contributed by atoms with E-state index in [1.807, 2.05) is 54.6 Å². The highest BCUT2D eigenvalue weighted by Gasteiger charge is 2.40. The monoisotopic (exact) mass is 602 g/mol. The molecule has 12 heteroatoms. The van der Waals surface area contributed by atoms with E-state index >= 15 is 0 Å². The summed E-state index contributed by atoms with van der Waals surface area (Å²) in [5, 5.41) is 32.4. The number of hydrogen-bond donors (Lipinski definition) is 5. The molecule has 1 saturated heterocycles. The zero-order valence-corrected chi connectivity index (χ0v) is 23.7. The maximum absolute atomic E-state index is 13.6. The van der Waals surface area contributed by atoms with Gasteiger partial charge in [-0.1, -0.05) is 54.6 Å². The van der Waals surface area contributed by atoms with Crippen LogP contribution >= 0.6 is 0 Å². The summed E-state index contributed by atoms with van der Waals surface area (Å²) in [5.41, 5.74) is 8.76. The molecule has 1 atom stereocenters. The zero-order valence-electron chi connectivity index (χ0n) is 22.9. The van der Waals surface area contributed by atoms with Crippen molar-refractivity contribution in [2.45, 2.75) is 17.5 Å². The molecule has 4 aromatic carbocycles. The van der Waals surface area contributed by atoms with Crippen molar-refractivity contribution in [3.8, 4) is 28.4 Å². The molecular weight excluding hydrogens is 572 g/mol. The molecule has 1 aliphatic rings. The average molecular weight is 603 g/mol. The SMILES string of the molecule is Nc1ccc(S(=O)(=O)N2CCN(C(=O)c3cc(O)c(O)c(O)c3)C(C(=O)NCc3ccc(-c4ccccc4)cc3)C2)cc1. The Labute approximate surface area is 248 Å². The molecule has 6 N–H and O–H groups in total. The maximum Gasteiger partial charge on any atom is 0.254 e. The van der Waals surface area contributed by atoms with Crippen LogP contribution in [0.4, 0.5) is 5.69 Å². The largest absolute Gasteiger partial charge is 0.504 e. The predicted molar refractivity (Wildman–Crippen MR) is 160 cm³/mol. The van der Waals surface area contributed by atoms with Gasteiger partial charge < -0.3 is 31.3 Å². The summed E-state index contributed by atoms with van der Waals surface area (Å²) in [7, 11) is -4.03. The Morgan fingerprint density at radius 3 is 2.07 bits per heavy atom. The standard InChI is InChI=1S/C31H30N4O7S/c32-24-10-12-25(13-11-24)43(41,42)34-14-15-35(31(40)23-16-27(36)29(38)28(37)17-23)26(19-34)30(39)33-18-20-6-8-22(9-7-20)21-4-2-1-3-5-21/h1-13,16-17,26,36-38H,14-15,18-19,32H2,(H,33,39). The number of piperazine rings is 1. The number of carbonyl (C=O) groups excluding carboxylic acids is 2. The number of sulfonamides is 1. The number of benzene rings is 4. The highest BCUT2D eigenvalue weighted by molar-refractivity contribution is 7.89. The van der Waals surface area contributed by atoms with Crippen LogP contribution in [0.1, 0.15) is 15.9 Å². The highest BCUT2D eigenvalue weighted by atomic mass is 32.2. The molecule has 43 heavy (non-hydrogen) atoms. The van der Waals surface area contributed by atoms with Crippen LogP contribution in [0.25, 0.3) is 11.1 Å². The minimum Gasteiger partial charge on any atom is -0.504 e. The number of carbonyl (C=O) groups is 2. The number of aromatic hydroxyl groups is 3. The number of hydrogen-bond acceptors (Lipinski definition) is 8. The molecule has 11 nitrogen and oxygen atoms in total. The van der Waals surface area contributed by atoms with Gasteiger partial charge in [-0.05, 0) is 53.1 Å². The van der Waals surface area contributed by atoms with Gasteiger partial charge in [-0.25, -0.2) is 8.42 Å². The average Bonchev–Trinajstić information content (AvgIpc) is 3.02. The number of rotatable bonds is 7. The second-order valence-corrected chi connectivity index (χ2v) is 12.0. The minimum atomic E-state index is -4.03. The summed E-state index contributed by atoms with van der Waals surface area (Å²) in [6.45, 7) is -0.482. The molecule has 0 aromatic heterocycles. The fourth-order valence-corrected chi connectivity index (χ4v) is 6.32. The third kappa shape index (κ3) is 6.25. The molecule has 5 rings (SSSR count). The van der Waals surface area contributed by atoms with Gasteiger partial charge in [-0.15, -0.1) is 0 Å². The van der Waals surface area contributed by atoms with Crippen LogP contribution in [0.15, 0.2) is 95.9 Å². The van der Waals surface area contributed by atoms with Crippen molar-refractivity contribution in [3.63, 3.8) is 0 Å². The number of nitrogen functional groups attached to an aromatic ring is 1. The van der Waals surface area contributed by atoms with Gasteiger partial charge >= 0.3 is 0 Å².